The van der Waals surface area contributed by atoms with Crippen LogP contribution in [0.15, 0.2) is 0 Å². The summed E-state index contributed by atoms with van der Waals surface area (Å²) < 4.78 is 5.93. The van der Waals surface area contributed by atoms with Gasteiger partial charge in [0.2, 0.25) is 0 Å². The van der Waals surface area contributed by atoms with Crippen LogP contribution in [-0.4, -0.2) is 46.4 Å². The first-order valence-electron chi connectivity index (χ1n) is 7.03. The second-order valence-corrected chi connectivity index (χ2v) is 22.9. The molecule has 0 aromatic rings. The normalized spacial score (nSPS) is 20.3. The molecule has 5 heteroatoms. The maximum atomic E-state index is 3.08. The van der Waals surface area contributed by atoms with Crippen molar-refractivity contribution in [3.63, 3.8) is 0 Å². The quantitative estimate of drug-likeness (QED) is 0.727. The van der Waals surface area contributed by atoms with Crippen molar-refractivity contribution in [1.29, 1.82) is 0 Å². The van der Waals surface area contributed by atoms with Crippen molar-refractivity contribution in [1.82, 2.24) is 8.46 Å². The number of hydrogen-bond acceptors (Lipinski definition) is 2. The molecule has 0 unspecified atom stereocenters. The summed E-state index contributed by atoms with van der Waals surface area (Å²) in [5, 5.41) is 0. The standard InChI is InChI=1S/C12H32N2Si3/c1-15(2,3)14(16(4,5)6)17(7,8)13-11-9-10-12-13/h9-12H2,1-8H3. The van der Waals surface area contributed by atoms with Gasteiger partial charge in [-0.2, -0.15) is 0 Å². The molecule has 1 aliphatic heterocycles. The molecule has 102 valence electrons. The van der Waals surface area contributed by atoms with Gasteiger partial charge < -0.3 is 8.46 Å². The molecule has 0 aromatic carbocycles. The highest BCUT2D eigenvalue weighted by Crippen LogP contribution is 2.31. The average molecular weight is 289 g/mol. The Morgan fingerprint density at radius 3 is 1.35 bits per heavy atom. The lowest BCUT2D eigenvalue weighted by atomic mass is 10.4. The summed E-state index contributed by atoms with van der Waals surface area (Å²) in [5.41, 5.74) is 0. The van der Waals surface area contributed by atoms with E-state index in [0.717, 1.165) is 0 Å². The Morgan fingerprint density at radius 1 is 0.706 bits per heavy atom. The summed E-state index contributed by atoms with van der Waals surface area (Å²) in [7, 11) is -3.80. The molecule has 0 spiro atoms. The van der Waals surface area contributed by atoms with E-state index in [0.29, 0.717) is 0 Å². The third-order valence-corrected chi connectivity index (χ3v) is 20.9. The van der Waals surface area contributed by atoms with Crippen LogP contribution in [0.5, 0.6) is 0 Å². The first-order valence-corrected chi connectivity index (χ1v) is 16.8. The second kappa shape index (κ2) is 4.92. The summed E-state index contributed by atoms with van der Waals surface area (Å²) in [6.07, 6.45) is 2.84. The van der Waals surface area contributed by atoms with Crippen molar-refractivity contribution in [2.24, 2.45) is 0 Å². The molecule has 0 radical (unpaired) electrons. The lowest BCUT2D eigenvalue weighted by molar-refractivity contribution is 0.490. The van der Waals surface area contributed by atoms with Crippen LogP contribution in [0.3, 0.4) is 0 Å². The fraction of sp³-hybridized carbons (Fsp3) is 1.00. The molecule has 1 fully saturated rings. The Bertz CT molecular complexity index is 246. The van der Waals surface area contributed by atoms with Crippen molar-refractivity contribution >= 4 is 24.9 Å². The van der Waals surface area contributed by atoms with Crippen LogP contribution in [0.2, 0.25) is 52.4 Å². The highest BCUT2D eigenvalue weighted by molar-refractivity contribution is 7.03. The summed E-state index contributed by atoms with van der Waals surface area (Å²) in [6, 6.07) is 0. The monoisotopic (exact) mass is 288 g/mol. The van der Waals surface area contributed by atoms with Gasteiger partial charge in [0.1, 0.15) is 16.5 Å². The van der Waals surface area contributed by atoms with E-state index in [1.54, 1.807) is 0 Å². The van der Waals surface area contributed by atoms with Crippen LogP contribution < -0.4 is 0 Å². The van der Waals surface area contributed by atoms with Gasteiger partial charge in [0.15, 0.2) is 8.40 Å². The largest absolute Gasteiger partial charge is 0.356 e. The topological polar surface area (TPSA) is 6.48 Å². The zero-order valence-corrected chi connectivity index (χ0v) is 16.2. The van der Waals surface area contributed by atoms with Crippen LogP contribution in [0.25, 0.3) is 0 Å². The Hall–Kier alpha value is 0.571. The highest BCUT2D eigenvalue weighted by atomic mass is 28.5. The van der Waals surface area contributed by atoms with Crippen molar-refractivity contribution in [2.75, 3.05) is 13.1 Å². The third-order valence-electron chi connectivity index (χ3n) is 3.77. The van der Waals surface area contributed by atoms with E-state index in [1.807, 2.05) is 0 Å². The van der Waals surface area contributed by atoms with Gasteiger partial charge in [0.25, 0.3) is 0 Å². The van der Waals surface area contributed by atoms with Gasteiger partial charge >= 0.3 is 0 Å². The molecule has 17 heavy (non-hydrogen) atoms. The van der Waals surface area contributed by atoms with Gasteiger partial charge in [-0.05, 0) is 39.0 Å². The molecule has 0 aliphatic carbocycles. The van der Waals surface area contributed by atoms with Crippen molar-refractivity contribution < 1.29 is 0 Å². The van der Waals surface area contributed by atoms with E-state index in [9.17, 15) is 0 Å². The fourth-order valence-electron chi connectivity index (χ4n) is 4.05. The molecular weight excluding hydrogens is 256 g/mol. The van der Waals surface area contributed by atoms with Crippen LogP contribution in [0.1, 0.15) is 12.8 Å². The molecule has 0 aromatic heterocycles. The minimum absolute atomic E-state index is 1.21. The Balaban J connectivity index is 3.04. The lowest BCUT2D eigenvalue weighted by Gasteiger charge is -2.55. The molecule has 0 N–H and O–H groups in total. The van der Waals surface area contributed by atoms with Crippen molar-refractivity contribution in [3.8, 4) is 0 Å². The second-order valence-electron chi connectivity index (χ2n) is 7.87. The van der Waals surface area contributed by atoms with Crippen molar-refractivity contribution in [3.05, 3.63) is 0 Å². The van der Waals surface area contributed by atoms with Crippen LogP contribution >= 0.6 is 0 Å². The molecule has 0 atom stereocenters. The molecule has 1 heterocycles. The van der Waals surface area contributed by atoms with E-state index in [4.69, 9.17) is 0 Å². The zero-order valence-electron chi connectivity index (χ0n) is 13.2. The average Bonchev–Trinajstić information content (AvgIpc) is 2.46. The minimum atomic E-state index is -1.38. The predicted molar refractivity (Wildman–Crippen MR) is 86.8 cm³/mol. The molecule has 0 bridgehead atoms. The van der Waals surface area contributed by atoms with E-state index in [2.05, 4.69) is 60.8 Å². The summed E-state index contributed by atoms with van der Waals surface area (Å²) in [4.78, 5) is 0. The van der Waals surface area contributed by atoms with Crippen LogP contribution in [0.4, 0.5) is 0 Å². The molecule has 1 rings (SSSR count). The number of rotatable bonds is 4. The molecule has 0 amide bonds. The summed E-state index contributed by atoms with van der Waals surface area (Å²) in [5.74, 6) is 0. The van der Waals surface area contributed by atoms with Gasteiger partial charge in [-0.15, -0.1) is 0 Å². The Labute approximate surface area is 112 Å². The Morgan fingerprint density at radius 2 is 1.06 bits per heavy atom. The number of hydrogen-bond donors (Lipinski definition) is 0. The van der Waals surface area contributed by atoms with Gasteiger partial charge in [-0.1, -0.05) is 39.3 Å². The maximum absolute atomic E-state index is 3.08. The van der Waals surface area contributed by atoms with Crippen LogP contribution in [-0.2, 0) is 0 Å². The van der Waals surface area contributed by atoms with Crippen molar-refractivity contribution in [2.45, 2.75) is 65.2 Å². The first kappa shape index (κ1) is 15.6. The van der Waals surface area contributed by atoms with Gasteiger partial charge in [-0.3, -0.25) is 0 Å². The maximum Gasteiger partial charge on any atom is 0.187 e. The highest BCUT2D eigenvalue weighted by Gasteiger charge is 2.48. The predicted octanol–water partition coefficient (Wildman–Crippen LogP) is 3.76. The molecule has 1 saturated heterocycles. The van der Waals surface area contributed by atoms with E-state index in [-0.39, 0.29) is 0 Å². The first-order chi connectivity index (χ1) is 7.47. The van der Waals surface area contributed by atoms with Crippen LogP contribution in [0, 0.1) is 0 Å². The summed E-state index contributed by atoms with van der Waals surface area (Å²) in [6.45, 7) is 23.1. The molecule has 2 nitrogen and oxygen atoms in total. The van der Waals surface area contributed by atoms with Gasteiger partial charge in [0, 0.05) is 0 Å². The minimum Gasteiger partial charge on any atom is -0.356 e. The fourth-order valence-corrected chi connectivity index (χ4v) is 27.8. The Kier molecular flexibility index (Phi) is 4.52. The molecule has 0 saturated carbocycles. The molecule has 1 aliphatic rings. The summed E-state index contributed by atoms with van der Waals surface area (Å²) >= 11 is 0. The lowest BCUT2D eigenvalue weighted by Crippen LogP contribution is -2.75. The third kappa shape index (κ3) is 3.53. The van der Waals surface area contributed by atoms with Gasteiger partial charge in [0.05, 0.1) is 0 Å². The van der Waals surface area contributed by atoms with Gasteiger partial charge in [-0.25, -0.2) is 0 Å². The molecular formula is C12H32N2Si3. The SMILES string of the molecule is C[Si](C)(C)N([Si](C)(C)C)[Si](C)(C)N1CCCC1. The van der Waals surface area contributed by atoms with E-state index in [1.165, 1.54) is 25.9 Å². The van der Waals surface area contributed by atoms with E-state index < -0.39 is 24.9 Å². The zero-order chi connectivity index (χ0) is 13.5. The number of nitrogens with zero attached hydrogens (tertiary/aromatic N) is 2. The smallest absolute Gasteiger partial charge is 0.187 e. The van der Waals surface area contributed by atoms with E-state index >= 15 is 0 Å².